The molecule has 0 radical (unpaired) electrons. The van der Waals surface area contributed by atoms with Crippen molar-refractivity contribution < 1.29 is 58.3 Å². The zero-order chi connectivity index (χ0) is 21.9. The first-order valence-electron chi connectivity index (χ1n) is 7.50. The van der Waals surface area contributed by atoms with Crippen LogP contribution in [0.25, 0.3) is 0 Å². The van der Waals surface area contributed by atoms with E-state index >= 15 is 0 Å². The lowest BCUT2D eigenvalue weighted by Crippen LogP contribution is -2.35. The van der Waals surface area contributed by atoms with Crippen molar-refractivity contribution in [2.75, 3.05) is 6.61 Å². The Kier molecular flexibility index (Phi) is 10.3. The van der Waals surface area contributed by atoms with Crippen molar-refractivity contribution in [3.05, 3.63) is 25.3 Å². The molecule has 2 atom stereocenters. The number of carbonyl (C=O) groups excluding carboxylic acids is 3. The lowest BCUT2D eigenvalue weighted by atomic mass is 9.87. The highest BCUT2D eigenvalue weighted by atomic mass is 16.7. The summed E-state index contributed by atoms with van der Waals surface area (Å²) >= 11 is 0. The number of ether oxygens (including phenoxy) is 3. The van der Waals surface area contributed by atoms with Crippen molar-refractivity contribution in [1.29, 1.82) is 0 Å². The molecule has 0 aliphatic heterocycles. The molecule has 154 valence electrons. The van der Waals surface area contributed by atoms with Crippen molar-refractivity contribution in [2.45, 2.75) is 19.1 Å². The van der Waals surface area contributed by atoms with Crippen LogP contribution >= 0.6 is 0 Å². The molecule has 0 aliphatic rings. The Balaban J connectivity index is 5.08. The Bertz CT molecular complexity index is 643. The van der Waals surface area contributed by atoms with Crippen LogP contribution < -0.4 is 0 Å². The summed E-state index contributed by atoms with van der Waals surface area (Å²) in [6.07, 6.45) is -2.24. The van der Waals surface area contributed by atoms with E-state index < -0.39 is 73.4 Å². The maximum absolute atomic E-state index is 11.8. The Morgan fingerprint density at radius 3 is 1.57 bits per heavy atom. The molecule has 12 heteroatoms. The van der Waals surface area contributed by atoms with Gasteiger partial charge in [-0.15, -0.1) is 0 Å². The summed E-state index contributed by atoms with van der Waals surface area (Å²) in [4.78, 5) is 67.3. The van der Waals surface area contributed by atoms with E-state index in [9.17, 15) is 28.8 Å². The molecule has 0 fully saturated rings. The summed E-state index contributed by atoms with van der Waals surface area (Å²) in [5.41, 5.74) is 0. The predicted octanol–water partition coefficient (Wildman–Crippen LogP) is -0.419. The number of aliphatic carboxylic acids is 3. The second kappa shape index (κ2) is 11.8. The van der Waals surface area contributed by atoms with E-state index in [2.05, 4.69) is 27.4 Å². The van der Waals surface area contributed by atoms with Gasteiger partial charge in [0.25, 0.3) is 6.29 Å². The zero-order valence-corrected chi connectivity index (χ0v) is 14.4. The summed E-state index contributed by atoms with van der Waals surface area (Å²) in [5.74, 6) is -12.1. The van der Waals surface area contributed by atoms with Crippen LogP contribution in [0.3, 0.4) is 0 Å². The molecule has 2 unspecified atom stereocenters. The average molecular weight is 402 g/mol. The van der Waals surface area contributed by atoms with Gasteiger partial charge >= 0.3 is 35.8 Å². The highest BCUT2D eigenvalue weighted by molar-refractivity contribution is 5.87. The fourth-order valence-electron chi connectivity index (χ4n) is 1.84. The minimum atomic E-state index is -1.90. The molecule has 28 heavy (non-hydrogen) atoms. The number of rotatable bonds is 13. The van der Waals surface area contributed by atoms with E-state index in [-0.39, 0.29) is 0 Å². The van der Waals surface area contributed by atoms with Gasteiger partial charge in [0.15, 0.2) is 6.61 Å². The molecule has 0 bridgehead atoms. The van der Waals surface area contributed by atoms with E-state index in [1.54, 1.807) is 0 Å². The maximum Gasteiger partial charge on any atom is 0.333 e. The highest BCUT2D eigenvalue weighted by Crippen LogP contribution is 2.21. The standard InChI is InChI=1S/C16H18O12/c1-3-11(19)27-14(28-12(20)4-2)7-26-13(21)6-9(16(24)25)8(15(22)23)5-10(17)18/h3-4,8-9,14H,1-2,5-7H2,(H,17,18)(H,22,23)(H,24,25). The molecule has 0 aromatic carbocycles. The van der Waals surface area contributed by atoms with E-state index in [4.69, 9.17) is 15.3 Å². The normalized spacial score (nSPS) is 12.2. The summed E-state index contributed by atoms with van der Waals surface area (Å²) < 4.78 is 13.8. The first kappa shape index (κ1) is 24.3. The highest BCUT2D eigenvalue weighted by Gasteiger charge is 2.37. The van der Waals surface area contributed by atoms with Crippen molar-refractivity contribution in [3.63, 3.8) is 0 Å². The number of carbonyl (C=O) groups is 6. The van der Waals surface area contributed by atoms with Gasteiger partial charge in [-0.25, -0.2) is 9.59 Å². The van der Waals surface area contributed by atoms with Gasteiger partial charge in [-0.3, -0.25) is 19.2 Å². The Hall–Kier alpha value is -3.70. The summed E-state index contributed by atoms with van der Waals surface area (Å²) in [7, 11) is 0. The molecule has 0 spiro atoms. The quantitative estimate of drug-likeness (QED) is 0.205. The van der Waals surface area contributed by atoms with Crippen LogP contribution in [0.4, 0.5) is 0 Å². The van der Waals surface area contributed by atoms with Gasteiger partial charge in [0, 0.05) is 12.2 Å². The van der Waals surface area contributed by atoms with Crippen LogP contribution in [-0.2, 0) is 43.0 Å². The Labute approximate surface area is 158 Å². The smallest absolute Gasteiger partial charge is 0.333 e. The van der Waals surface area contributed by atoms with E-state index in [0.717, 1.165) is 12.2 Å². The van der Waals surface area contributed by atoms with Crippen LogP contribution in [0.2, 0.25) is 0 Å². The van der Waals surface area contributed by atoms with Crippen molar-refractivity contribution >= 4 is 35.8 Å². The van der Waals surface area contributed by atoms with Gasteiger partial charge in [-0.05, 0) is 0 Å². The van der Waals surface area contributed by atoms with Crippen LogP contribution in [0.5, 0.6) is 0 Å². The lowest BCUT2D eigenvalue weighted by Gasteiger charge is -2.20. The number of carboxylic acids is 3. The number of esters is 3. The third kappa shape index (κ3) is 9.12. The van der Waals surface area contributed by atoms with E-state index in [1.165, 1.54) is 0 Å². The molecule has 0 aromatic rings. The molecule has 0 amide bonds. The molecule has 12 nitrogen and oxygen atoms in total. The first-order chi connectivity index (χ1) is 13.0. The third-order valence-electron chi connectivity index (χ3n) is 3.11. The van der Waals surface area contributed by atoms with Crippen molar-refractivity contribution in [2.24, 2.45) is 11.8 Å². The average Bonchev–Trinajstić information content (AvgIpc) is 2.61. The fourth-order valence-corrected chi connectivity index (χ4v) is 1.84. The number of hydrogen-bond acceptors (Lipinski definition) is 9. The van der Waals surface area contributed by atoms with E-state index in [1.807, 2.05) is 0 Å². The molecular formula is C16H18O12. The summed E-state index contributed by atoms with van der Waals surface area (Å²) in [5, 5.41) is 26.8. The van der Waals surface area contributed by atoms with Crippen LogP contribution in [0.1, 0.15) is 12.8 Å². The molecule has 0 aliphatic carbocycles. The molecule has 0 heterocycles. The molecule has 3 N–H and O–H groups in total. The minimum absolute atomic E-state index is 0.736. The van der Waals surface area contributed by atoms with Gasteiger partial charge in [0.2, 0.25) is 0 Å². The van der Waals surface area contributed by atoms with E-state index in [0.29, 0.717) is 0 Å². The number of hydrogen-bond donors (Lipinski definition) is 3. The molecular weight excluding hydrogens is 384 g/mol. The third-order valence-corrected chi connectivity index (χ3v) is 3.11. The molecule has 0 saturated carbocycles. The first-order valence-corrected chi connectivity index (χ1v) is 7.50. The second-order valence-electron chi connectivity index (χ2n) is 5.09. The lowest BCUT2D eigenvalue weighted by molar-refractivity contribution is -0.194. The molecule has 0 saturated heterocycles. The largest absolute Gasteiger partial charge is 0.481 e. The molecule has 0 aromatic heterocycles. The van der Waals surface area contributed by atoms with Gasteiger partial charge in [0.1, 0.15) is 0 Å². The predicted molar refractivity (Wildman–Crippen MR) is 86.4 cm³/mol. The van der Waals surface area contributed by atoms with Crippen LogP contribution in [0.15, 0.2) is 25.3 Å². The van der Waals surface area contributed by atoms with Gasteiger partial charge < -0.3 is 29.5 Å². The zero-order valence-electron chi connectivity index (χ0n) is 14.4. The Morgan fingerprint density at radius 2 is 1.21 bits per heavy atom. The monoisotopic (exact) mass is 402 g/mol. The molecule has 0 rings (SSSR count). The Morgan fingerprint density at radius 1 is 0.786 bits per heavy atom. The van der Waals surface area contributed by atoms with Crippen LogP contribution in [-0.4, -0.2) is 64.0 Å². The minimum Gasteiger partial charge on any atom is -0.481 e. The topological polar surface area (TPSA) is 191 Å². The summed E-state index contributed by atoms with van der Waals surface area (Å²) in [6.45, 7) is 5.40. The van der Waals surface area contributed by atoms with Gasteiger partial charge in [-0.2, -0.15) is 0 Å². The van der Waals surface area contributed by atoms with Crippen LogP contribution in [0, 0.1) is 11.8 Å². The summed E-state index contributed by atoms with van der Waals surface area (Å²) in [6, 6.07) is 0. The van der Waals surface area contributed by atoms with Gasteiger partial charge in [-0.1, -0.05) is 13.2 Å². The van der Waals surface area contributed by atoms with Crippen molar-refractivity contribution in [1.82, 2.24) is 0 Å². The second-order valence-corrected chi connectivity index (χ2v) is 5.09. The van der Waals surface area contributed by atoms with Gasteiger partial charge in [0.05, 0.1) is 24.7 Å². The number of carboxylic acid groups (broad SMARTS) is 3. The SMILES string of the molecule is C=CC(=O)OC(COC(=O)CC(C(=O)O)C(CC(=O)O)C(=O)O)OC(=O)C=C. The maximum atomic E-state index is 11.8. The fraction of sp³-hybridized carbons (Fsp3) is 0.375. The van der Waals surface area contributed by atoms with Crippen molar-refractivity contribution in [3.8, 4) is 0 Å².